The van der Waals surface area contributed by atoms with E-state index in [1.807, 2.05) is 6.92 Å². The summed E-state index contributed by atoms with van der Waals surface area (Å²) in [5.41, 5.74) is -1.94. The zero-order valence-corrected chi connectivity index (χ0v) is 16.2. The van der Waals surface area contributed by atoms with Gasteiger partial charge in [0.15, 0.2) is 5.79 Å². The number of Topliss-reactive ketones (excluding diaryl/α,β-unsaturated/α-hetero) is 1. The molecule has 5 atom stereocenters. The fraction of sp³-hybridized carbons (Fsp3) is 0.727. The Morgan fingerprint density at radius 3 is 2.54 bits per heavy atom. The topological polar surface area (TPSA) is 52.6 Å². The largest absolute Gasteiger partial charge is 0.347 e. The van der Waals surface area contributed by atoms with Crippen molar-refractivity contribution in [3.05, 3.63) is 12.7 Å². The van der Waals surface area contributed by atoms with Gasteiger partial charge >= 0.3 is 0 Å². The summed E-state index contributed by atoms with van der Waals surface area (Å²) in [5.74, 6) is 2.30. The summed E-state index contributed by atoms with van der Waals surface area (Å²) in [4.78, 5) is 25.2. The molecule has 1 spiro atoms. The third-order valence-corrected chi connectivity index (χ3v) is 7.50. The highest BCUT2D eigenvalue weighted by Gasteiger charge is 2.70. The molecule has 0 aromatic carbocycles. The zero-order valence-electron chi connectivity index (χ0n) is 16.2. The predicted octanol–water partition coefficient (Wildman–Crippen LogP) is 3.55. The second kappa shape index (κ2) is 6.32. The number of ketones is 1. The van der Waals surface area contributed by atoms with Gasteiger partial charge in [-0.05, 0) is 32.1 Å². The van der Waals surface area contributed by atoms with Gasteiger partial charge < -0.3 is 14.3 Å². The molecule has 3 rings (SSSR count). The van der Waals surface area contributed by atoms with Crippen molar-refractivity contribution in [2.24, 2.45) is 28.1 Å². The number of ether oxygens (including phenoxy) is 2. The minimum Gasteiger partial charge on any atom is -0.347 e. The average Bonchev–Trinajstić information content (AvgIpc) is 3.25. The highest BCUT2D eigenvalue weighted by atomic mass is 16.7. The van der Waals surface area contributed by atoms with Crippen LogP contribution in [0.25, 0.3) is 0 Å². The Morgan fingerprint density at radius 2 is 2.00 bits per heavy atom. The lowest BCUT2D eigenvalue weighted by molar-refractivity contribution is -0.232. The van der Waals surface area contributed by atoms with Crippen molar-refractivity contribution >= 4 is 12.1 Å². The number of fused-ring (bicyclic) bond motifs is 2. The van der Waals surface area contributed by atoms with E-state index in [4.69, 9.17) is 15.9 Å². The maximum Gasteiger partial charge on any atom is 0.173 e. The van der Waals surface area contributed by atoms with Gasteiger partial charge in [-0.2, -0.15) is 0 Å². The molecule has 2 saturated carbocycles. The van der Waals surface area contributed by atoms with Crippen molar-refractivity contribution in [1.29, 1.82) is 0 Å². The summed E-state index contributed by atoms with van der Waals surface area (Å²) in [6.07, 6.45) is 11.9. The summed E-state index contributed by atoms with van der Waals surface area (Å²) >= 11 is 0. The van der Waals surface area contributed by atoms with Gasteiger partial charge in [0.1, 0.15) is 12.1 Å². The number of hydrogen-bond acceptors (Lipinski definition) is 4. The van der Waals surface area contributed by atoms with E-state index >= 15 is 0 Å². The Hall–Kier alpha value is -1.44. The third-order valence-electron chi connectivity index (χ3n) is 7.50. The Bertz CT molecular complexity index is 646. The van der Waals surface area contributed by atoms with Crippen LogP contribution in [0.2, 0.25) is 0 Å². The first kappa shape index (κ1) is 19.3. The Kier molecular flexibility index (Phi) is 4.70. The van der Waals surface area contributed by atoms with Crippen molar-refractivity contribution in [1.82, 2.24) is 0 Å². The van der Waals surface area contributed by atoms with Crippen LogP contribution in [-0.4, -0.2) is 31.1 Å². The van der Waals surface area contributed by atoms with Gasteiger partial charge in [-0.25, -0.2) is 0 Å². The van der Waals surface area contributed by atoms with Gasteiger partial charge in [0, 0.05) is 35.0 Å². The molecule has 0 aromatic rings. The van der Waals surface area contributed by atoms with Crippen LogP contribution in [-0.2, 0) is 19.1 Å². The SMILES string of the molecule is C#C[C@@]12CC[C@@H](C)C(C)(C(=O)C[C@@](C)(C=C)C=O)C1C1(CC2)OCCO1. The molecule has 2 unspecified atom stereocenters. The van der Waals surface area contributed by atoms with Crippen molar-refractivity contribution in [2.45, 2.75) is 58.7 Å². The second-order valence-electron chi connectivity index (χ2n) is 8.89. The molecular weight excluding hydrogens is 328 g/mol. The lowest BCUT2D eigenvalue weighted by atomic mass is 9.49. The molecule has 3 fully saturated rings. The molecule has 0 N–H and O–H groups in total. The van der Waals surface area contributed by atoms with E-state index in [0.717, 1.165) is 32.0 Å². The summed E-state index contributed by atoms with van der Waals surface area (Å²) in [5, 5.41) is 0. The first-order valence-corrected chi connectivity index (χ1v) is 9.61. The van der Waals surface area contributed by atoms with E-state index in [-0.39, 0.29) is 29.5 Å². The number of hydrogen-bond donors (Lipinski definition) is 0. The third kappa shape index (κ3) is 2.52. The molecule has 4 heteroatoms. The van der Waals surface area contributed by atoms with Gasteiger partial charge in [-0.1, -0.05) is 25.8 Å². The molecule has 26 heavy (non-hydrogen) atoms. The molecular formula is C22H30O4. The molecule has 0 amide bonds. The van der Waals surface area contributed by atoms with Crippen LogP contribution in [0.4, 0.5) is 0 Å². The summed E-state index contributed by atoms with van der Waals surface area (Å²) in [6.45, 7) is 10.7. The smallest absolute Gasteiger partial charge is 0.173 e. The Balaban J connectivity index is 2.07. The summed E-state index contributed by atoms with van der Waals surface area (Å²) in [6, 6.07) is 0. The first-order valence-electron chi connectivity index (χ1n) is 9.61. The maximum atomic E-state index is 13.6. The van der Waals surface area contributed by atoms with Crippen LogP contribution in [0.3, 0.4) is 0 Å². The van der Waals surface area contributed by atoms with Crippen LogP contribution in [0.5, 0.6) is 0 Å². The molecule has 3 aliphatic rings. The highest BCUT2D eigenvalue weighted by molar-refractivity contribution is 5.89. The number of carbonyl (C=O) groups is 2. The lowest BCUT2D eigenvalue weighted by Gasteiger charge is -2.54. The molecule has 4 nitrogen and oxygen atoms in total. The van der Waals surface area contributed by atoms with Gasteiger partial charge in [-0.3, -0.25) is 4.79 Å². The molecule has 2 aliphatic carbocycles. The van der Waals surface area contributed by atoms with Crippen molar-refractivity contribution in [3.63, 3.8) is 0 Å². The quantitative estimate of drug-likeness (QED) is 0.428. The van der Waals surface area contributed by atoms with Crippen LogP contribution >= 0.6 is 0 Å². The molecule has 0 radical (unpaired) electrons. The monoisotopic (exact) mass is 358 g/mol. The van der Waals surface area contributed by atoms with Crippen LogP contribution in [0, 0.1) is 40.4 Å². The second-order valence-corrected chi connectivity index (χ2v) is 8.89. The van der Waals surface area contributed by atoms with Crippen LogP contribution < -0.4 is 0 Å². The molecule has 1 aliphatic heterocycles. The molecule has 1 heterocycles. The minimum atomic E-state index is -0.862. The first-order chi connectivity index (χ1) is 12.2. The van der Waals surface area contributed by atoms with Crippen LogP contribution in [0.15, 0.2) is 12.7 Å². The van der Waals surface area contributed by atoms with E-state index in [9.17, 15) is 9.59 Å². The standard InChI is InChI=1S/C22H30O4/c1-6-19(4,15-23)14-17(24)20(5)16(3)8-9-21(7-2)10-11-22(18(20)21)25-12-13-26-22/h2,6,15-16,18H,1,8-14H2,3-5H3/t16-,18?,19-,20?,21+/m1/s1. The maximum absolute atomic E-state index is 13.6. The summed E-state index contributed by atoms with van der Waals surface area (Å²) < 4.78 is 12.2. The Labute approximate surface area is 156 Å². The van der Waals surface area contributed by atoms with Gasteiger partial charge in [0.2, 0.25) is 0 Å². The van der Waals surface area contributed by atoms with Crippen molar-refractivity contribution in [2.75, 3.05) is 13.2 Å². The van der Waals surface area contributed by atoms with Gasteiger partial charge in [0.25, 0.3) is 0 Å². The van der Waals surface area contributed by atoms with E-state index in [1.54, 1.807) is 13.0 Å². The molecule has 0 bridgehead atoms. The lowest BCUT2D eigenvalue weighted by Crippen LogP contribution is -2.58. The highest BCUT2D eigenvalue weighted by Crippen LogP contribution is 2.67. The van der Waals surface area contributed by atoms with Gasteiger partial charge in [-0.15, -0.1) is 13.0 Å². The van der Waals surface area contributed by atoms with E-state index in [2.05, 4.69) is 19.4 Å². The number of carbonyl (C=O) groups excluding carboxylic acids is 2. The Morgan fingerprint density at radius 1 is 1.35 bits per heavy atom. The number of aldehydes is 1. The van der Waals surface area contributed by atoms with E-state index in [0.29, 0.717) is 13.2 Å². The molecule has 0 aromatic heterocycles. The van der Waals surface area contributed by atoms with Crippen LogP contribution in [0.1, 0.15) is 52.9 Å². The van der Waals surface area contributed by atoms with Crippen molar-refractivity contribution in [3.8, 4) is 12.3 Å². The predicted molar refractivity (Wildman–Crippen MR) is 99.1 cm³/mol. The number of rotatable bonds is 5. The molecule has 142 valence electrons. The normalized spacial score (nSPS) is 40.4. The van der Waals surface area contributed by atoms with Crippen molar-refractivity contribution < 1.29 is 19.1 Å². The fourth-order valence-electron chi connectivity index (χ4n) is 5.61. The average molecular weight is 358 g/mol. The number of terminal acetylenes is 1. The van der Waals surface area contributed by atoms with E-state index < -0.39 is 16.6 Å². The van der Waals surface area contributed by atoms with E-state index in [1.165, 1.54) is 0 Å². The minimum absolute atomic E-state index is 0.0594. The number of allylic oxidation sites excluding steroid dienone is 1. The zero-order chi connectivity index (χ0) is 19.2. The summed E-state index contributed by atoms with van der Waals surface area (Å²) in [7, 11) is 0. The van der Waals surface area contributed by atoms with Gasteiger partial charge in [0.05, 0.1) is 13.2 Å². The fourth-order valence-corrected chi connectivity index (χ4v) is 5.61. The molecule has 1 saturated heterocycles.